The van der Waals surface area contributed by atoms with Crippen molar-refractivity contribution in [2.45, 2.75) is 12.5 Å². The highest BCUT2D eigenvalue weighted by Gasteiger charge is 2.11. The molecule has 5 nitrogen and oxygen atoms in total. The Bertz CT molecular complexity index is 751. The lowest BCUT2D eigenvalue weighted by Crippen LogP contribution is -2.20. The average molecular weight is 280 g/mol. The summed E-state index contributed by atoms with van der Waals surface area (Å²) in [5, 5.41) is 10.7. The van der Waals surface area contributed by atoms with E-state index in [1.165, 1.54) is 0 Å². The molecule has 3 rings (SSSR count). The maximum absolute atomic E-state index is 12.1. The van der Waals surface area contributed by atoms with Gasteiger partial charge < -0.3 is 11.1 Å². The quantitative estimate of drug-likeness (QED) is 0.686. The van der Waals surface area contributed by atoms with Crippen molar-refractivity contribution in [2.24, 2.45) is 5.73 Å². The summed E-state index contributed by atoms with van der Waals surface area (Å²) in [6.45, 7) is 0. The SMILES string of the molecule is NC(CC(=O)Nc1ccc2cn[nH]c2c1)c1ccccc1. The van der Waals surface area contributed by atoms with Gasteiger partial charge in [-0.3, -0.25) is 9.89 Å². The van der Waals surface area contributed by atoms with Crippen LogP contribution in [0.4, 0.5) is 5.69 Å². The average Bonchev–Trinajstić information content (AvgIpc) is 2.95. The van der Waals surface area contributed by atoms with Crippen LogP contribution in [0.5, 0.6) is 0 Å². The van der Waals surface area contributed by atoms with Crippen molar-refractivity contribution in [1.29, 1.82) is 0 Å². The predicted molar refractivity (Wildman–Crippen MR) is 82.7 cm³/mol. The van der Waals surface area contributed by atoms with Crippen LogP contribution in [0.25, 0.3) is 10.9 Å². The summed E-state index contributed by atoms with van der Waals surface area (Å²) < 4.78 is 0. The second-order valence-electron chi connectivity index (χ2n) is 4.94. The van der Waals surface area contributed by atoms with Crippen molar-refractivity contribution in [3.8, 4) is 0 Å². The van der Waals surface area contributed by atoms with Crippen LogP contribution in [-0.4, -0.2) is 16.1 Å². The van der Waals surface area contributed by atoms with Crippen LogP contribution in [0.3, 0.4) is 0 Å². The first-order chi connectivity index (χ1) is 10.2. The van der Waals surface area contributed by atoms with E-state index in [4.69, 9.17) is 5.73 Å². The van der Waals surface area contributed by atoms with E-state index in [0.29, 0.717) is 0 Å². The first kappa shape index (κ1) is 13.3. The Kier molecular flexibility index (Phi) is 3.66. The first-order valence-corrected chi connectivity index (χ1v) is 6.76. The second-order valence-corrected chi connectivity index (χ2v) is 4.94. The number of anilines is 1. The van der Waals surface area contributed by atoms with Gasteiger partial charge in [-0.25, -0.2) is 0 Å². The summed E-state index contributed by atoms with van der Waals surface area (Å²) in [5.74, 6) is -0.106. The lowest BCUT2D eigenvalue weighted by atomic mass is 10.0. The number of carbonyl (C=O) groups excluding carboxylic acids is 1. The molecular weight excluding hydrogens is 264 g/mol. The van der Waals surface area contributed by atoms with Crippen molar-refractivity contribution < 1.29 is 4.79 Å². The van der Waals surface area contributed by atoms with E-state index in [1.807, 2.05) is 48.5 Å². The maximum Gasteiger partial charge on any atom is 0.226 e. The molecule has 3 aromatic rings. The number of rotatable bonds is 4. The minimum atomic E-state index is -0.304. The third-order valence-corrected chi connectivity index (χ3v) is 3.36. The predicted octanol–water partition coefficient (Wildman–Crippen LogP) is 2.59. The van der Waals surface area contributed by atoms with Crippen LogP contribution in [-0.2, 0) is 4.79 Å². The fourth-order valence-corrected chi connectivity index (χ4v) is 2.24. The third kappa shape index (κ3) is 3.09. The number of nitrogens with two attached hydrogens (primary N) is 1. The first-order valence-electron chi connectivity index (χ1n) is 6.76. The number of aromatic amines is 1. The zero-order valence-corrected chi connectivity index (χ0v) is 11.4. The molecule has 1 amide bonds. The topological polar surface area (TPSA) is 83.8 Å². The molecule has 1 aromatic heterocycles. The van der Waals surface area contributed by atoms with Gasteiger partial charge in [0.1, 0.15) is 0 Å². The standard InChI is InChI=1S/C16H16N4O/c17-14(11-4-2-1-3-5-11)9-16(21)19-13-7-6-12-10-18-20-15(12)8-13/h1-8,10,14H,9,17H2,(H,18,20)(H,19,21). The van der Waals surface area contributed by atoms with Crippen LogP contribution in [0.15, 0.2) is 54.7 Å². The van der Waals surface area contributed by atoms with Gasteiger partial charge in [-0.1, -0.05) is 30.3 Å². The molecule has 1 heterocycles. The molecule has 0 saturated heterocycles. The van der Waals surface area contributed by atoms with E-state index in [-0.39, 0.29) is 18.4 Å². The van der Waals surface area contributed by atoms with Gasteiger partial charge >= 0.3 is 0 Å². The minimum Gasteiger partial charge on any atom is -0.326 e. The van der Waals surface area contributed by atoms with E-state index in [0.717, 1.165) is 22.2 Å². The van der Waals surface area contributed by atoms with E-state index < -0.39 is 0 Å². The minimum absolute atomic E-state index is 0.106. The second kappa shape index (κ2) is 5.76. The number of carbonyl (C=O) groups is 1. The molecule has 0 spiro atoms. The van der Waals surface area contributed by atoms with Crippen molar-refractivity contribution in [2.75, 3.05) is 5.32 Å². The Labute approximate surface area is 122 Å². The number of nitrogens with one attached hydrogen (secondary N) is 2. The molecule has 1 unspecified atom stereocenters. The van der Waals surface area contributed by atoms with Gasteiger partial charge in [-0.05, 0) is 23.8 Å². The molecular formula is C16H16N4O. The summed E-state index contributed by atoms with van der Waals surface area (Å²) in [7, 11) is 0. The Morgan fingerprint density at radius 2 is 2.05 bits per heavy atom. The molecule has 4 N–H and O–H groups in total. The molecule has 21 heavy (non-hydrogen) atoms. The Morgan fingerprint density at radius 1 is 1.24 bits per heavy atom. The van der Waals surface area contributed by atoms with E-state index >= 15 is 0 Å². The molecule has 0 bridgehead atoms. The fourth-order valence-electron chi connectivity index (χ4n) is 2.24. The molecule has 5 heteroatoms. The van der Waals surface area contributed by atoms with Gasteiger partial charge in [-0.2, -0.15) is 5.10 Å². The van der Waals surface area contributed by atoms with Crippen molar-refractivity contribution in [3.05, 3.63) is 60.3 Å². The number of hydrogen-bond donors (Lipinski definition) is 3. The summed E-state index contributed by atoms with van der Waals surface area (Å²) in [6.07, 6.45) is 1.98. The van der Waals surface area contributed by atoms with Crippen LogP contribution < -0.4 is 11.1 Å². The van der Waals surface area contributed by atoms with E-state index in [1.54, 1.807) is 6.20 Å². The largest absolute Gasteiger partial charge is 0.326 e. The number of amides is 1. The Hall–Kier alpha value is -2.66. The molecule has 0 aliphatic carbocycles. The summed E-state index contributed by atoms with van der Waals surface area (Å²) in [5.41, 5.74) is 8.62. The van der Waals surface area contributed by atoms with Crippen molar-refractivity contribution >= 4 is 22.5 Å². The lowest BCUT2D eigenvalue weighted by Gasteiger charge is -2.12. The van der Waals surface area contributed by atoms with Crippen LogP contribution in [0.1, 0.15) is 18.0 Å². The fraction of sp³-hybridized carbons (Fsp3) is 0.125. The Balaban J connectivity index is 1.66. The monoisotopic (exact) mass is 280 g/mol. The van der Waals surface area contributed by atoms with Gasteiger partial charge in [0.05, 0.1) is 11.7 Å². The summed E-state index contributed by atoms with van der Waals surface area (Å²) in [4.78, 5) is 12.1. The number of H-pyrrole nitrogens is 1. The zero-order chi connectivity index (χ0) is 14.7. The molecule has 0 aliphatic heterocycles. The molecule has 0 radical (unpaired) electrons. The summed E-state index contributed by atoms with van der Waals surface area (Å²) in [6, 6.07) is 14.9. The molecule has 0 aliphatic rings. The molecule has 1 atom stereocenters. The molecule has 0 saturated carbocycles. The van der Waals surface area contributed by atoms with E-state index in [9.17, 15) is 4.79 Å². The lowest BCUT2D eigenvalue weighted by molar-refractivity contribution is -0.116. The Morgan fingerprint density at radius 3 is 2.86 bits per heavy atom. The number of aromatic nitrogens is 2. The molecule has 106 valence electrons. The van der Waals surface area contributed by atoms with Crippen LogP contribution in [0.2, 0.25) is 0 Å². The van der Waals surface area contributed by atoms with E-state index in [2.05, 4.69) is 15.5 Å². The highest BCUT2D eigenvalue weighted by Crippen LogP contribution is 2.18. The highest BCUT2D eigenvalue weighted by molar-refractivity contribution is 5.93. The van der Waals surface area contributed by atoms with Gasteiger partial charge in [0.2, 0.25) is 5.91 Å². The van der Waals surface area contributed by atoms with Gasteiger partial charge in [0, 0.05) is 23.5 Å². The maximum atomic E-state index is 12.1. The van der Waals surface area contributed by atoms with Crippen molar-refractivity contribution in [3.63, 3.8) is 0 Å². The number of nitrogens with zero attached hydrogens (tertiary/aromatic N) is 1. The van der Waals surface area contributed by atoms with Gasteiger partial charge in [0.25, 0.3) is 0 Å². The summed E-state index contributed by atoms with van der Waals surface area (Å²) >= 11 is 0. The molecule has 0 fully saturated rings. The van der Waals surface area contributed by atoms with Gasteiger partial charge in [-0.15, -0.1) is 0 Å². The smallest absolute Gasteiger partial charge is 0.226 e. The highest BCUT2D eigenvalue weighted by atomic mass is 16.1. The van der Waals surface area contributed by atoms with Crippen LogP contribution in [0, 0.1) is 0 Å². The third-order valence-electron chi connectivity index (χ3n) is 3.36. The van der Waals surface area contributed by atoms with Gasteiger partial charge in [0.15, 0.2) is 0 Å². The normalized spacial score (nSPS) is 12.2. The number of fused-ring (bicyclic) bond motifs is 1. The van der Waals surface area contributed by atoms with Crippen LogP contribution >= 0.6 is 0 Å². The number of hydrogen-bond acceptors (Lipinski definition) is 3. The zero-order valence-electron chi connectivity index (χ0n) is 11.4. The number of benzene rings is 2. The van der Waals surface area contributed by atoms with Crippen molar-refractivity contribution in [1.82, 2.24) is 10.2 Å². The molecule has 2 aromatic carbocycles.